The van der Waals surface area contributed by atoms with E-state index in [1.807, 2.05) is 0 Å². The molecule has 1 aromatic rings. The van der Waals surface area contributed by atoms with Crippen molar-refractivity contribution in [1.82, 2.24) is 0 Å². The summed E-state index contributed by atoms with van der Waals surface area (Å²) >= 11 is 3.23. The van der Waals surface area contributed by atoms with E-state index in [0.29, 0.717) is 5.75 Å². The fourth-order valence-electron chi connectivity index (χ4n) is 0.441. The average Bonchev–Trinajstić information content (AvgIpc) is 1.77. The van der Waals surface area contributed by atoms with E-state index in [0.717, 1.165) is 4.47 Å². The second-order valence-corrected chi connectivity index (χ2v) is 2.39. The maximum absolute atomic E-state index is 8.74. The summed E-state index contributed by atoms with van der Waals surface area (Å²) in [6.07, 6.45) is 0. The zero-order valence-corrected chi connectivity index (χ0v) is 8.92. The second-order valence-electron chi connectivity index (χ2n) is 1.48. The van der Waals surface area contributed by atoms with Crippen LogP contribution in [0.5, 0.6) is 5.75 Å². The van der Waals surface area contributed by atoms with E-state index in [4.69, 9.17) is 5.11 Å². The summed E-state index contributed by atoms with van der Waals surface area (Å²) in [5.41, 5.74) is 0. The molecule has 0 bridgehead atoms. The maximum Gasteiger partial charge on any atom is 0.115 e. The van der Waals surface area contributed by atoms with Gasteiger partial charge in [0.05, 0.1) is 0 Å². The smallest absolute Gasteiger partial charge is 0.115 e. The van der Waals surface area contributed by atoms with Crippen molar-refractivity contribution in [3.63, 3.8) is 0 Å². The van der Waals surface area contributed by atoms with Crippen LogP contribution in [0.25, 0.3) is 0 Å². The van der Waals surface area contributed by atoms with Crippen LogP contribution >= 0.6 is 15.9 Å². The molecule has 0 fully saturated rings. The Balaban J connectivity index is 0. The van der Waals surface area contributed by atoms with E-state index in [-0.39, 0.29) is 34.1 Å². The molecular weight excluding hydrogens is 251 g/mol. The van der Waals surface area contributed by atoms with Crippen LogP contribution in [-0.2, 0) is 21.7 Å². The van der Waals surface area contributed by atoms with Crippen molar-refractivity contribution in [1.29, 1.82) is 0 Å². The fraction of sp³-hybridized carbons (Fsp3) is 0. The number of rotatable bonds is 0. The average molecular weight is 256 g/mol. The molecule has 10 heavy (non-hydrogen) atoms. The molecule has 0 aromatic heterocycles. The summed E-state index contributed by atoms with van der Waals surface area (Å²) in [6.45, 7) is 0. The fourth-order valence-corrected chi connectivity index (χ4v) is 0.705. The van der Waals surface area contributed by atoms with Crippen LogP contribution in [0.15, 0.2) is 28.7 Å². The van der Waals surface area contributed by atoms with Gasteiger partial charge >= 0.3 is 0 Å². The molecule has 0 aliphatic carbocycles. The molecule has 0 spiro atoms. The Labute approximate surface area is 89.3 Å². The molecule has 0 saturated carbocycles. The first-order chi connectivity index (χ1) is 3.79. The topological polar surface area (TPSA) is 20.2 Å². The van der Waals surface area contributed by atoms with E-state index in [2.05, 4.69) is 15.9 Å². The number of benzene rings is 1. The number of hydrogen-bond donors (Lipinski definition) is 1. The van der Waals surface area contributed by atoms with Gasteiger partial charge in [-0.25, -0.2) is 0 Å². The molecule has 0 aliphatic rings. The van der Waals surface area contributed by atoms with Gasteiger partial charge in [-0.2, -0.15) is 0 Å². The van der Waals surface area contributed by atoms with Gasteiger partial charge in [0.25, 0.3) is 0 Å². The summed E-state index contributed by atoms with van der Waals surface area (Å²) in [6, 6.07) is 6.83. The molecular formula is C6H5BrClOTi-. The number of hydrogen-bond acceptors (Lipinski definition) is 1. The van der Waals surface area contributed by atoms with Gasteiger partial charge < -0.3 is 17.5 Å². The Morgan fingerprint density at radius 3 is 1.80 bits per heavy atom. The van der Waals surface area contributed by atoms with Crippen LogP contribution in [0.3, 0.4) is 0 Å². The molecule has 1 aromatic carbocycles. The third kappa shape index (κ3) is 4.34. The van der Waals surface area contributed by atoms with Crippen molar-refractivity contribution in [3.8, 4) is 5.75 Å². The molecule has 0 amide bonds. The molecule has 0 unspecified atom stereocenters. The summed E-state index contributed by atoms with van der Waals surface area (Å²) in [7, 11) is 0. The van der Waals surface area contributed by atoms with Gasteiger partial charge in [-0.3, -0.25) is 0 Å². The monoisotopic (exact) mass is 255 g/mol. The molecule has 1 nitrogen and oxygen atoms in total. The van der Waals surface area contributed by atoms with Gasteiger partial charge in [0.15, 0.2) is 0 Å². The zero-order valence-electron chi connectivity index (χ0n) is 5.01. The van der Waals surface area contributed by atoms with Crippen LogP contribution in [0, 0.1) is 0 Å². The third-order valence-corrected chi connectivity index (χ3v) is 1.36. The molecule has 0 aliphatic heterocycles. The van der Waals surface area contributed by atoms with Gasteiger partial charge in [-0.1, -0.05) is 15.9 Å². The Morgan fingerprint density at radius 1 is 1.10 bits per heavy atom. The third-order valence-electron chi connectivity index (χ3n) is 0.827. The van der Waals surface area contributed by atoms with Crippen molar-refractivity contribution in [2.24, 2.45) is 0 Å². The normalized spacial score (nSPS) is 7.30. The Hall–Kier alpha value is 0.504. The molecule has 1 rings (SSSR count). The minimum Gasteiger partial charge on any atom is -1.00 e. The molecule has 0 heterocycles. The Bertz CT molecular complexity index is 157. The van der Waals surface area contributed by atoms with Crippen molar-refractivity contribution in [2.75, 3.05) is 0 Å². The van der Waals surface area contributed by atoms with Gasteiger partial charge in [-0.05, 0) is 24.3 Å². The SMILES string of the molecule is Oc1ccc(Br)cc1.[Cl-].[Ti]. The van der Waals surface area contributed by atoms with Crippen LogP contribution in [0.4, 0.5) is 0 Å². The summed E-state index contributed by atoms with van der Waals surface area (Å²) in [5.74, 6) is 0.299. The van der Waals surface area contributed by atoms with E-state index in [1.165, 1.54) is 0 Å². The largest absolute Gasteiger partial charge is 1.00 e. The van der Waals surface area contributed by atoms with Crippen molar-refractivity contribution >= 4 is 15.9 Å². The Kier molecular flexibility index (Phi) is 8.17. The summed E-state index contributed by atoms with van der Waals surface area (Å²) in [4.78, 5) is 0. The van der Waals surface area contributed by atoms with Crippen LogP contribution < -0.4 is 12.4 Å². The first-order valence-corrected chi connectivity index (χ1v) is 3.03. The van der Waals surface area contributed by atoms with E-state index in [9.17, 15) is 0 Å². The van der Waals surface area contributed by atoms with Crippen LogP contribution in [-0.4, -0.2) is 5.11 Å². The molecule has 4 heteroatoms. The predicted octanol–water partition coefficient (Wildman–Crippen LogP) is -0.844. The van der Waals surface area contributed by atoms with Crippen LogP contribution in [0.1, 0.15) is 0 Å². The molecule has 1 N–H and O–H groups in total. The standard InChI is InChI=1S/C6H5BrO.ClH.Ti/c7-5-1-3-6(8)4-2-5;;/h1-4,8H;1H;/p-1. The molecule has 0 radical (unpaired) electrons. The molecule has 0 atom stereocenters. The minimum absolute atomic E-state index is 0. The summed E-state index contributed by atoms with van der Waals surface area (Å²) < 4.78 is 0.982. The zero-order chi connectivity index (χ0) is 5.98. The predicted molar refractivity (Wildman–Crippen MR) is 35.8 cm³/mol. The van der Waals surface area contributed by atoms with Gasteiger partial charge in [-0.15, -0.1) is 0 Å². The van der Waals surface area contributed by atoms with Gasteiger partial charge in [0.2, 0.25) is 0 Å². The maximum atomic E-state index is 8.74. The van der Waals surface area contributed by atoms with Crippen molar-refractivity contribution in [3.05, 3.63) is 28.7 Å². The van der Waals surface area contributed by atoms with Crippen LogP contribution in [0.2, 0.25) is 0 Å². The molecule has 54 valence electrons. The van der Waals surface area contributed by atoms with E-state index in [1.54, 1.807) is 24.3 Å². The molecule has 0 saturated heterocycles. The summed E-state index contributed by atoms with van der Waals surface area (Å²) in [5, 5.41) is 8.74. The van der Waals surface area contributed by atoms with E-state index >= 15 is 0 Å². The number of phenolic OH excluding ortho intramolecular Hbond substituents is 1. The van der Waals surface area contributed by atoms with Crippen molar-refractivity contribution < 1.29 is 39.2 Å². The van der Waals surface area contributed by atoms with Crippen molar-refractivity contribution in [2.45, 2.75) is 0 Å². The number of halogens is 2. The van der Waals surface area contributed by atoms with Gasteiger partial charge in [0, 0.05) is 26.2 Å². The first kappa shape index (κ1) is 13.1. The van der Waals surface area contributed by atoms with E-state index < -0.39 is 0 Å². The Morgan fingerprint density at radius 2 is 1.50 bits per heavy atom. The second kappa shape index (κ2) is 6.23. The number of phenols is 1. The minimum atomic E-state index is 0. The number of aromatic hydroxyl groups is 1. The van der Waals surface area contributed by atoms with Gasteiger partial charge in [0.1, 0.15) is 5.75 Å². The first-order valence-electron chi connectivity index (χ1n) is 2.23. The quantitative estimate of drug-likeness (QED) is 0.600.